The maximum Gasteiger partial charge on any atom is 0.241 e. The van der Waals surface area contributed by atoms with Crippen molar-refractivity contribution in [3.05, 3.63) is 0 Å². The minimum atomic E-state index is -2.93. The quantitative estimate of drug-likeness (QED) is 0.783. The Morgan fingerprint density at radius 3 is 2.71 bits per heavy atom. The maximum atomic E-state index is 12.2. The molecule has 0 aromatic heterocycles. The molecule has 2 heterocycles. The Kier molecular flexibility index (Phi) is 3.45. The lowest BCUT2D eigenvalue weighted by molar-refractivity contribution is -0.131. The molecule has 3 unspecified atom stereocenters. The van der Waals surface area contributed by atoms with Crippen molar-refractivity contribution in [2.75, 3.05) is 11.5 Å². The predicted octanol–water partition coefficient (Wildman–Crippen LogP) is 0.120. The molecule has 1 N–H and O–H groups in total. The Balaban J connectivity index is 2.09. The van der Waals surface area contributed by atoms with Gasteiger partial charge in [0.25, 0.3) is 0 Å². The number of nitrogens with one attached hydrogen (secondary N) is 1. The van der Waals surface area contributed by atoms with Crippen LogP contribution in [0.3, 0.4) is 0 Å². The summed E-state index contributed by atoms with van der Waals surface area (Å²) in [5, 5.41) is 3.24. The van der Waals surface area contributed by atoms with E-state index in [0.717, 1.165) is 12.8 Å². The van der Waals surface area contributed by atoms with Gasteiger partial charge in [0, 0.05) is 6.04 Å². The summed E-state index contributed by atoms with van der Waals surface area (Å²) in [6, 6.07) is -0.254. The summed E-state index contributed by atoms with van der Waals surface area (Å²) < 4.78 is 22.9. The van der Waals surface area contributed by atoms with Gasteiger partial charge in [0.05, 0.1) is 23.7 Å². The molecule has 98 valence electrons. The number of carbonyl (C=O) groups is 1. The molecule has 2 aliphatic rings. The van der Waals surface area contributed by atoms with Gasteiger partial charge < -0.3 is 4.90 Å². The smallest absolute Gasteiger partial charge is 0.241 e. The van der Waals surface area contributed by atoms with Crippen molar-refractivity contribution in [2.24, 2.45) is 0 Å². The highest BCUT2D eigenvalue weighted by Crippen LogP contribution is 2.24. The fraction of sp³-hybridized carbons (Fsp3) is 0.909. The average molecular weight is 260 g/mol. The van der Waals surface area contributed by atoms with E-state index in [-0.39, 0.29) is 35.7 Å². The lowest BCUT2D eigenvalue weighted by Gasteiger charge is -2.26. The minimum absolute atomic E-state index is 0.0441. The van der Waals surface area contributed by atoms with Crippen LogP contribution < -0.4 is 5.32 Å². The van der Waals surface area contributed by atoms with Gasteiger partial charge in [-0.2, -0.15) is 0 Å². The van der Waals surface area contributed by atoms with Crippen LogP contribution >= 0.6 is 0 Å². The van der Waals surface area contributed by atoms with Crippen LogP contribution in [-0.4, -0.2) is 49.0 Å². The van der Waals surface area contributed by atoms with Crippen molar-refractivity contribution in [2.45, 2.75) is 51.4 Å². The molecule has 2 saturated heterocycles. The van der Waals surface area contributed by atoms with E-state index < -0.39 is 9.84 Å². The number of hydrogen-bond acceptors (Lipinski definition) is 4. The SMILES string of the molecule is CCCC1NC(C)N(C2CCS(=O)(=O)C2)C1=O. The Morgan fingerprint density at radius 1 is 1.47 bits per heavy atom. The molecule has 17 heavy (non-hydrogen) atoms. The number of hydrogen-bond donors (Lipinski definition) is 1. The second-order valence-electron chi connectivity index (χ2n) is 4.99. The molecule has 3 atom stereocenters. The van der Waals surface area contributed by atoms with Crippen LogP contribution in [0, 0.1) is 0 Å². The van der Waals surface area contributed by atoms with Gasteiger partial charge >= 0.3 is 0 Å². The first-order valence-corrected chi connectivity index (χ1v) is 8.05. The van der Waals surface area contributed by atoms with E-state index in [2.05, 4.69) is 5.32 Å². The predicted molar refractivity (Wildman–Crippen MR) is 65.2 cm³/mol. The van der Waals surface area contributed by atoms with Gasteiger partial charge in [0.15, 0.2) is 9.84 Å². The lowest BCUT2D eigenvalue weighted by Crippen LogP contribution is -2.43. The molecular formula is C11H20N2O3S. The average Bonchev–Trinajstić information content (AvgIpc) is 2.69. The van der Waals surface area contributed by atoms with Gasteiger partial charge in [-0.25, -0.2) is 8.42 Å². The first kappa shape index (κ1) is 12.8. The molecule has 2 aliphatic heterocycles. The van der Waals surface area contributed by atoms with Crippen LogP contribution in [0.4, 0.5) is 0 Å². The van der Waals surface area contributed by atoms with Crippen molar-refractivity contribution < 1.29 is 13.2 Å². The zero-order valence-electron chi connectivity index (χ0n) is 10.3. The highest BCUT2D eigenvalue weighted by molar-refractivity contribution is 7.91. The Hall–Kier alpha value is -0.620. The van der Waals surface area contributed by atoms with E-state index in [9.17, 15) is 13.2 Å². The molecule has 0 radical (unpaired) electrons. The zero-order valence-corrected chi connectivity index (χ0v) is 11.2. The van der Waals surface area contributed by atoms with E-state index in [4.69, 9.17) is 0 Å². The van der Waals surface area contributed by atoms with E-state index in [1.54, 1.807) is 4.90 Å². The number of carbonyl (C=O) groups excluding carboxylic acids is 1. The van der Waals surface area contributed by atoms with E-state index in [0.29, 0.717) is 6.42 Å². The summed E-state index contributed by atoms with van der Waals surface area (Å²) in [4.78, 5) is 13.9. The van der Waals surface area contributed by atoms with E-state index >= 15 is 0 Å². The van der Waals surface area contributed by atoms with Crippen LogP contribution in [0.15, 0.2) is 0 Å². The van der Waals surface area contributed by atoms with Gasteiger partial charge in [-0.15, -0.1) is 0 Å². The molecule has 0 saturated carbocycles. The monoisotopic (exact) mass is 260 g/mol. The van der Waals surface area contributed by atoms with Crippen LogP contribution in [0.1, 0.15) is 33.1 Å². The lowest BCUT2D eigenvalue weighted by atomic mass is 10.1. The maximum absolute atomic E-state index is 12.2. The minimum Gasteiger partial charge on any atom is -0.322 e. The second kappa shape index (κ2) is 4.57. The highest BCUT2D eigenvalue weighted by atomic mass is 32.2. The Morgan fingerprint density at radius 2 is 2.18 bits per heavy atom. The zero-order chi connectivity index (χ0) is 12.6. The van der Waals surface area contributed by atoms with Crippen LogP contribution in [0.2, 0.25) is 0 Å². The summed E-state index contributed by atoms with van der Waals surface area (Å²) in [6.07, 6.45) is 2.31. The summed E-state index contributed by atoms with van der Waals surface area (Å²) in [6.45, 7) is 3.97. The molecule has 1 amide bonds. The van der Waals surface area contributed by atoms with E-state index in [1.165, 1.54) is 0 Å². The highest BCUT2D eigenvalue weighted by Gasteiger charge is 2.43. The van der Waals surface area contributed by atoms with Crippen molar-refractivity contribution in [1.82, 2.24) is 10.2 Å². The van der Waals surface area contributed by atoms with Crippen molar-refractivity contribution in [1.29, 1.82) is 0 Å². The van der Waals surface area contributed by atoms with Gasteiger partial charge in [0.1, 0.15) is 0 Å². The van der Waals surface area contributed by atoms with Crippen molar-refractivity contribution >= 4 is 15.7 Å². The molecule has 6 heteroatoms. The number of sulfone groups is 1. The fourth-order valence-electron chi connectivity index (χ4n) is 2.80. The molecule has 0 aromatic carbocycles. The fourth-order valence-corrected chi connectivity index (χ4v) is 4.51. The summed E-state index contributed by atoms with van der Waals surface area (Å²) in [5.74, 6) is 0.414. The van der Waals surface area contributed by atoms with Crippen molar-refractivity contribution in [3.63, 3.8) is 0 Å². The molecule has 2 rings (SSSR count). The molecule has 0 bridgehead atoms. The van der Waals surface area contributed by atoms with Crippen LogP contribution in [0.5, 0.6) is 0 Å². The van der Waals surface area contributed by atoms with Gasteiger partial charge in [-0.1, -0.05) is 13.3 Å². The third-order valence-electron chi connectivity index (χ3n) is 3.59. The molecule has 0 spiro atoms. The summed E-state index contributed by atoms with van der Waals surface area (Å²) in [7, 11) is -2.93. The van der Waals surface area contributed by atoms with Gasteiger partial charge in [-0.05, 0) is 19.8 Å². The van der Waals surface area contributed by atoms with Crippen molar-refractivity contribution in [3.8, 4) is 0 Å². The molecule has 5 nitrogen and oxygen atoms in total. The standard InChI is InChI=1S/C11H20N2O3S/c1-3-4-10-11(14)13(8(2)12-10)9-5-6-17(15,16)7-9/h8-10,12H,3-7H2,1-2H3. The normalized spacial score (nSPS) is 36.7. The number of amides is 1. The number of nitrogens with zero attached hydrogens (tertiary/aromatic N) is 1. The molecule has 2 fully saturated rings. The Bertz CT molecular complexity index is 407. The van der Waals surface area contributed by atoms with E-state index in [1.807, 2.05) is 13.8 Å². The molecule has 0 aliphatic carbocycles. The summed E-state index contributed by atoms with van der Waals surface area (Å²) >= 11 is 0. The topological polar surface area (TPSA) is 66.5 Å². The van der Waals surface area contributed by atoms with Gasteiger partial charge in [0.2, 0.25) is 5.91 Å². The number of rotatable bonds is 3. The first-order valence-electron chi connectivity index (χ1n) is 6.23. The van der Waals surface area contributed by atoms with Crippen LogP contribution in [-0.2, 0) is 14.6 Å². The van der Waals surface area contributed by atoms with Gasteiger partial charge in [-0.3, -0.25) is 10.1 Å². The molecule has 0 aromatic rings. The summed E-state index contributed by atoms with van der Waals surface area (Å²) in [5.41, 5.74) is 0. The first-order chi connectivity index (χ1) is 7.94. The molecular weight excluding hydrogens is 240 g/mol. The Labute approximate surface area is 102 Å². The second-order valence-corrected chi connectivity index (χ2v) is 7.21. The van der Waals surface area contributed by atoms with Crippen LogP contribution in [0.25, 0.3) is 0 Å². The third-order valence-corrected chi connectivity index (χ3v) is 5.34. The largest absolute Gasteiger partial charge is 0.322 e. The third kappa shape index (κ3) is 2.47.